The molecule has 4 rings (SSSR count). The standard InChI is InChI=1S/C21H22N4O5S/c1-28-14-4-6-15(7-5-14)30-11-20(27)23-21-17-12-31-13-18(17)24-25(21)10-19(26)22-9-16-3-2-8-29-16/h2-8H,9-13H2,1H3,(H,22,26)(H,23,27). The number of benzene rings is 1. The fourth-order valence-corrected chi connectivity index (χ4v) is 4.13. The third kappa shape index (κ3) is 5.21. The van der Waals surface area contributed by atoms with Crippen molar-refractivity contribution in [2.75, 3.05) is 19.0 Å². The van der Waals surface area contributed by atoms with Gasteiger partial charge in [0, 0.05) is 17.1 Å². The molecule has 0 radical (unpaired) electrons. The summed E-state index contributed by atoms with van der Waals surface area (Å²) in [5.41, 5.74) is 1.83. The maximum atomic E-state index is 12.5. The van der Waals surface area contributed by atoms with Gasteiger partial charge in [0.15, 0.2) is 6.61 Å². The first-order valence-electron chi connectivity index (χ1n) is 9.64. The maximum absolute atomic E-state index is 12.5. The molecular formula is C21H22N4O5S. The number of carbonyl (C=O) groups is 2. The predicted octanol–water partition coefficient (Wildman–Crippen LogP) is 2.57. The molecule has 0 bridgehead atoms. The number of nitrogens with one attached hydrogen (secondary N) is 2. The number of aromatic nitrogens is 2. The van der Waals surface area contributed by atoms with Crippen LogP contribution in [0.3, 0.4) is 0 Å². The third-order valence-corrected chi connectivity index (χ3v) is 5.61. The zero-order valence-electron chi connectivity index (χ0n) is 16.9. The molecule has 2 N–H and O–H groups in total. The Balaban J connectivity index is 1.37. The lowest BCUT2D eigenvalue weighted by atomic mass is 10.3. The molecule has 0 unspecified atom stereocenters. The summed E-state index contributed by atoms with van der Waals surface area (Å²) >= 11 is 1.72. The van der Waals surface area contributed by atoms with Crippen LogP contribution in [0.2, 0.25) is 0 Å². The van der Waals surface area contributed by atoms with E-state index in [4.69, 9.17) is 13.9 Å². The number of nitrogens with zero attached hydrogens (tertiary/aromatic N) is 2. The van der Waals surface area contributed by atoms with E-state index < -0.39 is 0 Å². The Morgan fingerprint density at radius 2 is 1.97 bits per heavy atom. The second kappa shape index (κ2) is 9.61. The topological polar surface area (TPSA) is 108 Å². The summed E-state index contributed by atoms with van der Waals surface area (Å²) < 4.78 is 17.4. The van der Waals surface area contributed by atoms with Crippen LogP contribution in [0.4, 0.5) is 5.82 Å². The van der Waals surface area contributed by atoms with E-state index in [1.165, 1.54) is 4.68 Å². The first-order chi connectivity index (χ1) is 15.1. The lowest BCUT2D eigenvalue weighted by Crippen LogP contribution is -2.29. The predicted molar refractivity (Wildman–Crippen MR) is 115 cm³/mol. The molecule has 0 atom stereocenters. The molecule has 3 aromatic rings. The smallest absolute Gasteiger partial charge is 0.263 e. The molecule has 3 heterocycles. The number of furan rings is 1. The molecule has 162 valence electrons. The van der Waals surface area contributed by atoms with Crippen LogP contribution in [0.5, 0.6) is 11.5 Å². The molecule has 2 aromatic heterocycles. The number of amides is 2. The Hall–Kier alpha value is -3.40. The highest BCUT2D eigenvalue weighted by Crippen LogP contribution is 2.34. The number of thioether (sulfide) groups is 1. The molecule has 0 spiro atoms. The number of fused-ring (bicyclic) bond motifs is 1. The molecule has 0 aliphatic carbocycles. The number of hydrogen-bond donors (Lipinski definition) is 2. The summed E-state index contributed by atoms with van der Waals surface area (Å²) in [6.07, 6.45) is 1.55. The molecule has 2 amide bonds. The summed E-state index contributed by atoms with van der Waals surface area (Å²) in [4.78, 5) is 24.9. The zero-order chi connectivity index (χ0) is 21.6. The first-order valence-corrected chi connectivity index (χ1v) is 10.8. The highest BCUT2D eigenvalue weighted by atomic mass is 32.2. The molecule has 0 saturated carbocycles. The zero-order valence-corrected chi connectivity index (χ0v) is 17.7. The highest BCUT2D eigenvalue weighted by molar-refractivity contribution is 7.98. The summed E-state index contributed by atoms with van der Waals surface area (Å²) in [5.74, 6) is 3.40. The first kappa shape index (κ1) is 20.9. The van der Waals surface area contributed by atoms with Gasteiger partial charge in [0.25, 0.3) is 5.91 Å². The van der Waals surface area contributed by atoms with E-state index in [0.29, 0.717) is 29.6 Å². The van der Waals surface area contributed by atoms with Gasteiger partial charge in [-0.25, -0.2) is 4.68 Å². The van der Waals surface area contributed by atoms with E-state index >= 15 is 0 Å². The van der Waals surface area contributed by atoms with Crippen LogP contribution in [0.15, 0.2) is 47.1 Å². The lowest BCUT2D eigenvalue weighted by molar-refractivity contribution is -0.122. The van der Waals surface area contributed by atoms with E-state index in [1.807, 2.05) is 0 Å². The fraction of sp³-hybridized carbons (Fsp3) is 0.286. The average molecular weight is 442 g/mol. The van der Waals surface area contributed by atoms with Gasteiger partial charge in [0.05, 0.1) is 25.6 Å². The van der Waals surface area contributed by atoms with Gasteiger partial charge in [0.2, 0.25) is 5.91 Å². The number of rotatable bonds is 9. The molecule has 10 heteroatoms. The molecule has 1 aliphatic rings. The minimum atomic E-state index is -0.326. The van der Waals surface area contributed by atoms with Crippen LogP contribution in [-0.2, 0) is 34.2 Å². The Bertz CT molecular complexity index is 1050. The highest BCUT2D eigenvalue weighted by Gasteiger charge is 2.25. The Morgan fingerprint density at radius 1 is 1.16 bits per heavy atom. The maximum Gasteiger partial charge on any atom is 0.263 e. The van der Waals surface area contributed by atoms with Gasteiger partial charge < -0.3 is 24.5 Å². The van der Waals surface area contributed by atoms with Crippen molar-refractivity contribution in [2.24, 2.45) is 0 Å². The van der Waals surface area contributed by atoms with Gasteiger partial charge in [-0.3, -0.25) is 9.59 Å². The van der Waals surface area contributed by atoms with Crippen LogP contribution in [0.1, 0.15) is 17.0 Å². The van der Waals surface area contributed by atoms with Gasteiger partial charge >= 0.3 is 0 Å². The van der Waals surface area contributed by atoms with Crippen molar-refractivity contribution >= 4 is 29.4 Å². The van der Waals surface area contributed by atoms with Crippen LogP contribution in [0.25, 0.3) is 0 Å². The Kier molecular flexibility index (Phi) is 6.46. The number of carbonyl (C=O) groups excluding carboxylic acids is 2. The minimum Gasteiger partial charge on any atom is -0.497 e. The van der Waals surface area contributed by atoms with E-state index in [1.54, 1.807) is 61.5 Å². The van der Waals surface area contributed by atoms with E-state index in [-0.39, 0.29) is 25.0 Å². The molecule has 1 aliphatic heterocycles. The van der Waals surface area contributed by atoms with Crippen molar-refractivity contribution in [3.63, 3.8) is 0 Å². The van der Waals surface area contributed by atoms with Gasteiger partial charge in [-0.05, 0) is 36.4 Å². The van der Waals surface area contributed by atoms with Crippen molar-refractivity contribution in [2.45, 2.75) is 24.6 Å². The van der Waals surface area contributed by atoms with Gasteiger partial charge in [-0.15, -0.1) is 0 Å². The largest absolute Gasteiger partial charge is 0.497 e. The number of anilines is 1. The van der Waals surface area contributed by atoms with Crippen LogP contribution in [0, 0.1) is 0 Å². The van der Waals surface area contributed by atoms with Crippen molar-refractivity contribution < 1.29 is 23.5 Å². The Labute approximate surface area is 183 Å². The number of methoxy groups -OCH3 is 1. The number of ether oxygens (including phenoxy) is 2. The molecule has 31 heavy (non-hydrogen) atoms. The van der Waals surface area contributed by atoms with Gasteiger partial charge in [0.1, 0.15) is 29.6 Å². The van der Waals surface area contributed by atoms with Crippen molar-refractivity contribution in [3.05, 3.63) is 59.7 Å². The molecule has 9 nitrogen and oxygen atoms in total. The third-order valence-electron chi connectivity index (χ3n) is 4.64. The van der Waals surface area contributed by atoms with E-state index in [0.717, 1.165) is 22.8 Å². The normalized spacial score (nSPS) is 12.3. The monoisotopic (exact) mass is 442 g/mol. The molecular weight excluding hydrogens is 420 g/mol. The van der Waals surface area contributed by atoms with Crippen LogP contribution in [-0.4, -0.2) is 35.3 Å². The second-order valence-electron chi connectivity index (χ2n) is 6.79. The fourth-order valence-electron chi connectivity index (χ4n) is 3.10. The lowest BCUT2D eigenvalue weighted by Gasteiger charge is -2.12. The Morgan fingerprint density at radius 3 is 2.71 bits per heavy atom. The molecule has 0 fully saturated rings. The van der Waals surface area contributed by atoms with E-state index in [2.05, 4.69) is 15.7 Å². The molecule has 0 saturated heterocycles. The quantitative estimate of drug-likeness (QED) is 0.524. The summed E-state index contributed by atoms with van der Waals surface area (Å²) in [7, 11) is 1.58. The molecule has 1 aromatic carbocycles. The van der Waals surface area contributed by atoms with Crippen molar-refractivity contribution in [3.8, 4) is 11.5 Å². The second-order valence-corrected chi connectivity index (χ2v) is 7.78. The summed E-state index contributed by atoms with van der Waals surface area (Å²) in [6.45, 7) is 0.123. The average Bonchev–Trinajstić information content (AvgIpc) is 3.51. The van der Waals surface area contributed by atoms with E-state index in [9.17, 15) is 9.59 Å². The van der Waals surface area contributed by atoms with Gasteiger partial charge in [-0.1, -0.05) is 0 Å². The number of hydrogen-bond acceptors (Lipinski definition) is 7. The van der Waals surface area contributed by atoms with Crippen molar-refractivity contribution in [1.29, 1.82) is 0 Å². The summed E-state index contributed by atoms with van der Waals surface area (Å²) in [6, 6.07) is 10.5. The SMILES string of the molecule is COc1ccc(OCC(=O)Nc2c3c(nn2CC(=O)NCc2ccco2)CSC3)cc1. The minimum absolute atomic E-state index is 0.00662. The van der Waals surface area contributed by atoms with Crippen LogP contribution >= 0.6 is 11.8 Å². The summed E-state index contributed by atoms with van der Waals surface area (Å²) in [5, 5.41) is 10.2. The van der Waals surface area contributed by atoms with Crippen LogP contribution < -0.4 is 20.1 Å². The van der Waals surface area contributed by atoms with Gasteiger partial charge in [-0.2, -0.15) is 16.9 Å². The van der Waals surface area contributed by atoms with Crippen molar-refractivity contribution in [1.82, 2.24) is 15.1 Å².